The summed E-state index contributed by atoms with van der Waals surface area (Å²) in [7, 11) is 1.63. The van der Waals surface area contributed by atoms with E-state index in [9.17, 15) is 9.18 Å². The van der Waals surface area contributed by atoms with Crippen LogP contribution >= 0.6 is 15.9 Å². The fourth-order valence-corrected chi connectivity index (χ4v) is 5.93. The Bertz CT molecular complexity index is 1380. The van der Waals surface area contributed by atoms with Crippen LogP contribution in [0.1, 0.15) is 24.8 Å². The summed E-state index contributed by atoms with van der Waals surface area (Å²) in [6.07, 6.45) is 15.7. The molecule has 1 atom stereocenters. The van der Waals surface area contributed by atoms with E-state index in [2.05, 4.69) is 38.0 Å². The van der Waals surface area contributed by atoms with Crippen LogP contribution in [0.5, 0.6) is 0 Å². The number of nitrogens with zero attached hydrogens (tertiary/aromatic N) is 6. The number of benzene rings is 1. The van der Waals surface area contributed by atoms with E-state index >= 15 is 0 Å². The van der Waals surface area contributed by atoms with Crippen molar-refractivity contribution in [1.82, 2.24) is 14.9 Å². The van der Waals surface area contributed by atoms with Crippen molar-refractivity contribution in [2.75, 3.05) is 41.4 Å². The van der Waals surface area contributed by atoms with E-state index in [0.29, 0.717) is 33.6 Å². The van der Waals surface area contributed by atoms with Gasteiger partial charge in [-0.25, -0.2) is 19.1 Å². The molecule has 0 saturated carbocycles. The number of hydrogen-bond acceptors (Lipinski definition) is 7. The molecule has 1 aromatic heterocycles. The van der Waals surface area contributed by atoms with Crippen molar-refractivity contribution in [1.29, 1.82) is 0 Å². The van der Waals surface area contributed by atoms with Gasteiger partial charge < -0.3 is 14.4 Å². The van der Waals surface area contributed by atoms with Crippen LogP contribution in [0.4, 0.5) is 26.6 Å². The maximum Gasteiger partial charge on any atom is 0.330 e. The highest BCUT2D eigenvalue weighted by molar-refractivity contribution is 9.10. The Morgan fingerprint density at radius 3 is 2.85 bits per heavy atom. The van der Waals surface area contributed by atoms with Gasteiger partial charge in [-0.3, -0.25) is 9.80 Å². The number of rotatable bonds is 6. The number of ether oxygens (including phenoxy) is 2. The molecule has 0 radical (unpaired) electrons. The zero-order valence-corrected chi connectivity index (χ0v) is 23.1. The number of amides is 2. The quantitative estimate of drug-likeness (QED) is 0.429. The minimum absolute atomic E-state index is 0.132. The molecule has 202 valence electrons. The van der Waals surface area contributed by atoms with E-state index in [0.717, 1.165) is 31.8 Å². The normalized spacial score (nSPS) is 20.8. The second-order valence-electron chi connectivity index (χ2n) is 9.85. The summed E-state index contributed by atoms with van der Waals surface area (Å²) in [6, 6.07) is 4.23. The van der Waals surface area contributed by atoms with Crippen LogP contribution in [0.15, 0.2) is 77.5 Å². The monoisotopic (exact) mass is 594 g/mol. The highest BCUT2D eigenvalue weighted by Crippen LogP contribution is 2.37. The number of hydrogen-bond donors (Lipinski definition) is 0. The molecule has 9 nitrogen and oxygen atoms in total. The average molecular weight is 595 g/mol. The lowest BCUT2D eigenvalue weighted by Gasteiger charge is -2.36. The first kappa shape index (κ1) is 25.6. The second kappa shape index (κ2) is 10.8. The van der Waals surface area contributed by atoms with Gasteiger partial charge in [0.05, 0.1) is 12.2 Å². The SMILES string of the molecule is CN1C(=O)N(c2c(F)cccc2Br)Cc2cnc(N(C3=CC=CC(CN4CCCC4)C3)C3=COC=CO3)nc21. The number of fused-ring (bicyclic) bond motifs is 1. The molecule has 1 aromatic carbocycles. The van der Waals surface area contributed by atoms with Gasteiger partial charge in [0, 0.05) is 35.5 Å². The smallest absolute Gasteiger partial charge is 0.330 e. The van der Waals surface area contributed by atoms with Gasteiger partial charge in [-0.1, -0.05) is 18.2 Å². The van der Waals surface area contributed by atoms with E-state index < -0.39 is 11.8 Å². The van der Waals surface area contributed by atoms with E-state index in [-0.39, 0.29) is 12.2 Å². The van der Waals surface area contributed by atoms with Gasteiger partial charge in [0.2, 0.25) is 11.8 Å². The number of halogens is 2. The van der Waals surface area contributed by atoms with E-state index in [1.807, 2.05) is 11.0 Å². The molecule has 1 fully saturated rings. The molecule has 1 saturated heterocycles. The van der Waals surface area contributed by atoms with Gasteiger partial charge in [-0.2, -0.15) is 4.98 Å². The number of carbonyl (C=O) groups excluding carboxylic acids is 1. The zero-order valence-electron chi connectivity index (χ0n) is 21.5. The summed E-state index contributed by atoms with van der Waals surface area (Å²) in [4.78, 5) is 30.0. The first-order valence-electron chi connectivity index (χ1n) is 12.9. The predicted octanol–water partition coefficient (Wildman–Crippen LogP) is 5.63. The van der Waals surface area contributed by atoms with Crippen LogP contribution in [-0.4, -0.2) is 47.6 Å². The number of likely N-dealkylation sites (tertiary alicyclic amines) is 1. The topological polar surface area (TPSA) is 74.3 Å². The summed E-state index contributed by atoms with van der Waals surface area (Å²) in [5.41, 5.74) is 1.82. The Balaban J connectivity index is 1.32. The molecule has 6 rings (SSSR count). The molecule has 0 bridgehead atoms. The first-order chi connectivity index (χ1) is 19.0. The van der Waals surface area contributed by atoms with Gasteiger partial charge in [0.25, 0.3) is 0 Å². The highest BCUT2D eigenvalue weighted by Gasteiger charge is 2.35. The summed E-state index contributed by atoms with van der Waals surface area (Å²) in [5.74, 6) is 1.06. The van der Waals surface area contributed by atoms with Crippen molar-refractivity contribution in [2.24, 2.45) is 5.92 Å². The lowest BCUT2D eigenvalue weighted by molar-refractivity contribution is 0.248. The van der Waals surface area contributed by atoms with Crippen LogP contribution in [0.2, 0.25) is 0 Å². The van der Waals surface area contributed by atoms with Crippen LogP contribution < -0.4 is 14.7 Å². The van der Waals surface area contributed by atoms with Crippen molar-refractivity contribution in [2.45, 2.75) is 25.8 Å². The zero-order chi connectivity index (χ0) is 26.9. The molecule has 1 aliphatic carbocycles. The maximum atomic E-state index is 14.7. The number of carbonyl (C=O) groups is 1. The number of allylic oxidation sites excluding steroid dienone is 3. The molecule has 0 spiro atoms. The average Bonchev–Trinajstić information content (AvgIpc) is 3.45. The predicted molar refractivity (Wildman–Crippen MR) is 149 cm³/mol. The summed E-state index contributed by atoms with van der Waals surface area (Å²) in [5, 5.41) is 0. The van der Waals surface area contributed by atoms with Crippen molar-refractivity contribution < 1.29 is 18.7 Å². The maximum absolute atomic E-state index is 14.7. The fourth-order valence-electron chi connectivity index (χ4n) is 5.38. The molecular weight excluding hydrogens is 567 g/mol. The van der Waals surface area contributed by atoms with Crippen molar-refractivity contribution >= 4 is 39.4 Å². The molecule has 3 aliphatic heterocycles. The lowest BCUT2D eigenvalue weighted by atomic mass is 9.97. The molecular formula is C28H28BrFN6O3. The van der Waals surface area contributed by atoms with Gasteiger partial charge in [-0.05, 0) is 72.4 Å². The summed E-state index contributed by atoms with van der Waals surface area (Å²) >= 11 is 3.38. The van der Waals surface area contributed by atoms with E-state index in [1.165, 1.54) is 47.5 Å². The third-order valence-electron chi connectivity index (χ3n) is 7.23. The molecule has 2 amide bonds. The number of aromatic nitrogens is 2. The Kier molecular flexibility index (Phi) is 7.09. The number of para-hydroxylation sites is 1. The number of urea groups is 1. The minimum Gasteiger partial charge on any atom is -0.464 e. The Morgan fingerprint density at radius 1 is 1.23 bits per heavy atom. The number of anilines is 3. The molecule has 39 heavy (non-hydrogen) atoms. The van der Waals surface area contributed by atoms with Gasteiger partial charge in [-0.15, -0.1) is 0 Å². The van der Waals surface area contributed by atoms with E-state index in [1.54, 1.807) is 25.4 Å². The third-order valence-corrected chi connectivity index (χ3v) is 7.87. The molecule has 2 aromatic rings. The minimum atomic E-state index is -0.492. The van der Waals surface area contributed by atoms with Gasteiger partial charge in [0.15, 0.2) is 6.26 Å². The molecule has 0 N–H and O–H groups in total. The van der Waals surface area contributed by atoms with Gasteiger partial charge in [0.1, 0.15) is 24.2 Å². The van der Waals surface area contributed by atoms with Crippen molar-refractivity contribution in [3.8, 4) is 0 Å². The van der Waals surface area contributed by atoms with Crippen LogP contribution in [0.25, 0.3) is 0 Å². The Hall–Kier alpha value is -3.70. The standard InChI is InChI=1S/C28H28BrFN6O3/c1-33-26-20(17-35(28(33)37)25-22(29)8-5-9-23(25)30)15-31-27(32-26)36(24-18-38-12-13-39-24)21-7-4-6-19(14-21)16-34-10-2-3-11-34/h4-9,12-13,15,18-19H,2-3,10-11,14,16-17H2,1H3. The second-order valence-corrected chi connectivity index (χ2v) is 10.7. The molecule has 11 heteroatoms. The summed E-state index contributed by atoms with van der Waals surface area (Å²) < 4.78 is 26.4. The fraction of sp³-hybridized carbons (Fsp3) is 0.321. The first-order valence-corrected chi connectivity index (χ1v) is 13.7. The highest BCUT2D eigenvalue weighted by atomic mass is 79.9. The van der Waals surface area contributed by atoms with Crippen LogP contribution in [-0.2, 0) is 16.0 Å². The molecule has 4 heterocycles. The molecule has 1 unspecified atom stereocenters. The van der Waals surface area contributed by atoms with Gasteiger partial charge >= 0.3 is 6.03 Å². The Morgan fingerprint density at radius 2 is 2.08 bits per heavy atom. The summed E-state index contributed by atoms with van der Waals surface area (Å²) in [6.45, 7) is 3.39. The Labute approximate surface area is 234 Å². The third kappa shape index (κ3) is 5.04. The molecule has 4 aliphatic rings. The van der Waals surface area contributed by atoms with E-state index in [4.69, 9.17) is 14.5 Å². The van der Waals surface area contributed by atoms with Crippen molar-refractivity contribution in [3.63, 3.8) is 0 Å². The van der Waals surface area contributed by atoms with Crippen molar-refractivity contribution in [3.05, 3.63) is 88.8 Å². The van der Waals surface area contributed by atoms with Crippen LogP contribution in [0, 0.1) is 11.7 Å². The lowest BCUT2D eigenvalue weighted by Crippen LogP contribution is -2.46. The van der Waals surface area contributed by atoms with Crippen LogP contribution in [0.3, 0.4) is 0 Å². The largest absolute Gasteiger partial charge is 0.464 e.